The molecular weight excluding hydrogens is 274 g/mol. The maximum absolute atomic E-state index is 14.3. The minimum absolute atomic E-state index is 0.0494. The summed E-state index contributed by atoms with van der Waals surface area (Å²) in [6.45, 7) is 3.33. The molecule has 1 saturated heterocycles. The van der Waals surface area contributed by atoms with E-state index in [1.165, 1.54) is 12.1 Å². The Morgan fingerprint density at radius 1 is 1.29 bits per heavy atom. The van der Waals surface area contributed by atoms with Crippen molar-refractivity contribution in [3.8, 4) is 0 Å². The van der Waals surface area contributed by atoms with Crippen molar-refractivity contribution >= 4 is 5.69 Å². The highest BCUT2D eigenvalue weighted by molar-refractivity contribution is 5.51. The van der Waals surface area contributed by atoms with Crippen LogP contribution in [0.2, 0.25) is 0 Å². The molecule has 5 heteroatoms. The Morgan fingerprint density at radius 2 is 1.95 bits per heavy atom. The molecule has 1 aromatic rings. The zero-order chi connectivity index (χ0) is 15.0. The Morgan fingerprint density at radius 3 is 2.48 bits per heavy atom. The van der Waals surface area contributed by atoms with Crippen molar-refractivity contribution in [1.29, 1.82) is 0 Å². The summed E-state index contributed by atoms with van der Waals surface area (Å²) < 4.78 is 28.5. The number of nitrogens with one attached hydrogen (secondary N) is 1. The summed E-state index contributed by atoms with van der Waals surface area (Å²) in [6, 6.07) is 3.36. The number of halogens is 2. The minimum atomic E-state index is -0.506. The van der Waals surface area contributed by atoms with Crippen molar-refractivity contribution < 1.29 is 13.9 Å². The predicted octanol–water partition coefficient (Wildman–Crippen LogP) is 2.42. The van der Waals surface area contributed by atoms with Gasteiger partial charge in [0.1, 0.15) is 17.3 Å². The van der Waals surface area contributed by atoms with Gasteiger partial charge in [-0.2, -0.15) is 0 Å². The fourth-order valence-corrected chi connectivity index (χ4v) is 2.96. The van der Waals surface area contributed by atoms with Gasteiger partial charge in [0.05, 0.1) is 6.10 Å². The summed E-state index contributed by atoms with van der Waals surface area (Å²) in [7, 11) is 0. The molecule has 21 heavy (non-hydrogen) atoms. The zero-order valence-corrected chi connectivity index (χ0v) is 12.3. The molecular formula is C16H22F2N2O. The van der Waals surface area contributed by atoms with Crippen molar-refractivity contribution in [2.45, 2.75) is 44.9 Å². The van der Waals surface area contributed by atoms with Crippen molar-refractivity contribution in [2.24, 2.45) is 5.92 Å². The number of rotatable bonds is 5. The van der Waals surface area contributed by atoms with E-state index in [2.05, 4.69) is 5.32 Å². The van der Waals surface area contributed by atoms with Crippen LogP contribution in [0.3, 0.4) is 0 Å². The largest absolute Gasteiger partial charge is 0.393 e. The normalized spacial score (nSPS) is 23.6. The van der Waals surface area contributed by atoms with Crippen molar-refractivity contribution in [1.82, 2.24) is 5.32 Å². The molecule has 3 rings (SSSR count). The van der Waals surface area contributed by atoms with Gasteiger partial charge in [0, 0.05) is 31.6 Å². The van der Waals surface area contributed by atoms with Crippen LogP contribution in [-0.4, -0.2) is 30.3 Å². The SMILES string of the molecule is CC(O)C1CCN(c2c(F)cc(CNC3CC3)cc2F)C1. The minimum Gasteiger partial charge on any atom is -0.393 e. The third-order valence-corrected chi connectivity index (χ3v) is 4.47. The van der Waals surface area contributed by atoms with Gasteiger partial charge in [0.2, 0.25) is 0 Å². The van der Waals surface area contributed by atoms with Crippen LogP contribution in [0.1, 0.15) is 31.7 Å². The van der Waals surface area contributed by atoms with E-state index in [-0.39, 0.29) is 11.6 Å². The number of nitrogens with zero attached hydrogens (tertiary/aromatic N) is 1. The van der Waals surface area contributed by atoms with Gasteiger partial charge in [-0.05, 0) is 43.9 Å². The molecule has 1 aliphatic heterocycles. The van der Waals surface area contributed by atoms with Crippen LogP contribution in [-0.2, 0) is 6.54 Å². The fraction of sp³-hybridized carbons (Fsp3) is 0.625. The second kappa shape index (κ2) is 5.89. The molecule has 1 heterocycles. The average molecular weight is 296 g/mol. The highest BCUT2D eigenvalue weighted by Gasteiger charge is 2.29. The van der Waals surface area contributed by atoms with Gasteiger partial charge in [0.25, 0.3) is 0 Å². The fourth-order valence-electron chi connectivity index (χ4n) is 2.96. The van der Waals surface area contributed by atoms with Crippen molar-refractivity contribution in [2.75, 3.05) is 18.0 Å². The van der Waals surface area contributed by atoms with E-state index in [9.17, 15) is 13.9 Å². The topological polar surface area (TPSA) is 35.5 Å². The molecule has 0 bridgehead atoms. The lowest BCUT2D eigenvalue weighted by Gasteiger charge is -2.21. The zero-order valence-electron chi connectivity index (χ0n) is 12.3. The molecule has 0 aromatic heterocycles. The standard InChI is InChI=1S/C16H22F2N2O/c1-10(21)12-4-5-20(9-12)16-14(17)6-11(7-15(16)18)8-19-13-2-3-13/h6-7,10,12-13,19,21H,2-5,8-9H2,1H3. The molecule has 2 N–H and O–H groups in total. The number of aliphatic hydroxyl groups is 1. The molecule has 2 fully saturated rings. The van der Waals surface area contributed by atoms with Crippen LogP contribution >= 0.6 is 0 Å². The smallest absolute Gasteiger partial charge is 0.149 e. The van der Waals surface area contributed by atoms with E-state index in [1.807, 2.05) is 0 Å². The van der Waals surface area contributed by atoms with E-state index in [1.54, 1.807) is 11.8 Å². The first-order chi connectivity index (χ1) is 10.0. The van der Waals surface area contributed by atoms with Gasteiger partial charge in [-0.15, -0.1) is 0 Å². The number of aliphatic hydroxyl groups excluding tert-OH is 1. The van der Waals surface area contributed by atoms with E-state index in [4.69, 9.17) is 0 Å². The van der Waals surface area contributed by atoms with Crippen LogP contribution in [0.4, 0.5) is 14.5 Å². The van der Waals surface area contributed by atoms with E-state index in [0.717, 1.165) is 19.3 Å². The molecule has 116 valence electrons. The van der Waals surface area contributed by atoms with E-state index in [0.29, 0.717) is 31.2 Å². The summed E-state index contributed by atoms with van der Waals surface area (Å²) in [5, 5.41) is 12.9. The van der Waals surface area contributed by atoms with Crippen LogP contribution < -0.4 is 10.2 Å². The lowest BCUT2D eigenvalue weighted by Crippen LogP contribution is -2.25. The Kier molecular flexibility index (Phi) is 4.13. The Hall–Kier alpha value is -1.20. The number of hydrogen-bond acceptors (Lipinski definition) is 3. The Bertz CT molecular complexity index is 494. The highest BCUT2D eigenvalue weighted by atomic mass is 19.1. The molecule has 3 nitrogen and oxygen atoms in total. The maximum Gasteiger partial charge on any atom is 0.149 e. The molecule has 1 aromatic carbocycles. The number of anilines is 1. The van der Waals surface area contributed by atoms with Gasteiger partial charge < -0.3 is 15.3 Å². The van der Waals surface area contributed by atoms with Crippen LogP contribution in [0.5, 0.6) is 0 Å². The van der Waals surface area contributed by atoms with Crippen molar-refractivity contribution in [3.63, 3.8) is 0 Å². The third kappa shape index (κ3) is 3.35. The van der Waals surface area contributed by atoms with E-state index < -0.39 is 17.7 Å². The third-order valence-electron chi connectivity index (χ3n) is 4.47. The Labute approximate surface area is 124 Å². The number of benzene rings is 1. The van der Waals surface area contributed by atoms with Crippen molar-refractivity contribution in [3.05, 3.63) is 29.3 Å². The molecule has 2 atom stereocenters. The van der Waals surface area contributed by atoms with Gasteiger partial charge >= 0.3 is 0 Å². The summed E-state index contributed by atoms with van der Waals surface area (Å²) >= 11 is 0. The van der Waals surface area contributed by atoms with Gasteiger partial charge in [-0.25, -0.2) is 8.78 Å². The molecule has 0 radical (unpaired) electrons. The molecule has 0 amide bonds. The van der Waals surface area contributed by atoms with Gasteiger partial charge in [-0.3, -0.25) is 0 Å². The van der Waals surface area contributed by atoms with Gasteiger partial charge in [-0.1, -0.05) is 0 Å². The lowest BCUT2D eigenvalue weighted by molar-refractivity contribution is 0.136. The predicted molar refractivity (Wildman–Crippen MR) is 78.2 cm³/mol. The second-order valence-corrected chi connectivity index (χ2v) is 6.30. The van der Waals surface area contributed by atoms with E-state index >= 15 is 0 Å². The quantitative estimate of drug-likeness (QED) is 0.876. The van der Waals surface area contributed by atoms with Gasteiger partial charge in [0.15, 0.2) is 0 Å². The summed E-state index contributed by atoms with van der Waals surface area (Å²) in [6.07, 6.45) is 2.62. The molecule has 1 aliphatic carbocycles. The lowest BCUT2D eigenvalue weighted by atomic mass is 10.0. The first-order valence-corrected chi connectivity index (χ1v) is 7.69. The summed E-state index contributed by atoms with van der Waals surface area (Å²) in [4.78, 5) is 1.71. The molecule has 2 aliphatic rings. The summed E-state index contributed by atoms with van der Waals surface area (Å²) in [5.41, 5.74) is 0.695. The first kappa shape index (κ1) is 14.7. The monoisotopic (exact) mass is 296 g/mol. The average Bonchev–Trinajstić information content (AvgIpc) is 3.12. The summed E-state index contributed by atoms with van der Waals surface area (Å²) in [5.74, 6) is -0.928. The second-order valence-electron chi connectivity index (χ2n) is 6.30. The van der Waals surface area contributed by atoms with Crippen LogP contribution in [0, 0.1) is 17.6 Å². The molecule has 2 unspecified atom stereocenters. The highest BCUT2D eigenvalue weighted by Crippen LogP contribution is 2.31. The Balaban J connectivity index is 1.73. The maximum atomic E-state index is 14.3. The van der Waals surface area contributed by atoms with Crippen LogP contribution in [0.15, 0.2) is 12.1 Å². The molecule has 1 saturated carbocycles. The van der Waals surface area contributed by atoms with Crippen LogP contribution in [0.25, 0.3) is 0 Å². The molecule has 0 spiro atoms. The first-order valence-electron chi connectivity index (χ1n) is 7.69. The number of hydrogen-bond donors (Lipinski definition) is 2.